The molecule has 0 aliphatic carbocycles. The molecule has 0 spiro atoms. The van der Waals surface area contributed by atoms with Gasteiger partial charge >= 0.3 is 5.97 Å². The van der Waals surface area contributed by atoms with Crippen LogP contribution < -0.4 is 0 Å². The Morgan fingerprint density at radius 2 is 2.25 bits per heavy atom. The molecule has 0 aromatic heterocycles. The van der Waals surface area contributed by atoms with Gasteiger partial charge in [-0.25, -0.2) is 4.79 Å². The largest absolute Gasteiger partial charge is 0.497 e. The van der Waals surface area contributed by atoms with Crippen molar-refractivity contribution in [1.29, 1.82) is 0 Å². The van der Waals surface area contributed by atoms with Gasteiger partial charge in [-0.3, -0.25) is 0 Å². The summed E-state index contributed by atoms with van der Waals surface area (Å²) in [5.74, 6) is 2.04. The Kier molecular flexibility index (Phi) is 5.99. The zero-order valence-electron chi connectivity index (χ0n) is 11.7. The molecule has 1 heterocycles. The molecular weight excluding hydrogens is 272 g/mol. The normalized spacial score (nSPS) is 20.4. The molecule has 1 fully saturated rings. The SMILES string of the molecule is CCOC(=O)C=C1CCC(CSc2ccccc2)CO1. The van der Waals surface area contributed by atoms with E-state index in [-0.39, 0.29) is 5.97 Å². The summed E-state index contributed by atoms with van der Waals surface area (Å²) in [6, 6.07) is 10.4. The molecule has 20 heavy (non-hydrogen) atoms. The lowest BCUT2D eigenvalue weighted by Gasteiger charge is -2.24. The third-order valence-corrected chi connectivity index (χ3v) is 4.34. The molecule has 0 saturated carbocycles. The lowest BCUT2D eigenvalue weighted by molar-refractivity contribution is -0.137. The zero-order chi connectivity index (χ0) is 14.2. The average molecular weight is 292 g/mol. The van der Waals surface area contributed by atoms with E-state index >= 15 is 0 Å². The highest BCUT2D eigenvalue weighted by Crippen LogP contribution is 2.27. The number of hydrogen-bond donors (Lipinski definition) is 0. The van der Waals surface area contributed by atoms with E-state index in [4.69, 9.17) is 9.47 Å². The van der Waals surface area contributed by atoms with Gasteiger partial charge in [-0.1, -0.05) is 18.2 Å². The first-order valence-electron chi connectivity index (χ1n) is 6.96. The number of ether oxygens (including phenoxy) is 2. The summed E-state index contributed by atoms with van der Waals surface area (Å²) in [5, 5.41) is 0. The van der Waals surface area contributed by atoms with E-state index in [2.05, 4.69) is 24.3 Å². The monoisotopic (exact) mass is 292 g/mol. The Bertz CT molecular complexity index is 446. The lowest BCUT2D eigenvalue weighted by atomic mass is 10.0. The van der Waals surface area contributed by atoms with Gasteiger partial charge in [-0.2, -0.15) is 0 Å². The fraction of sp³-hybridized carbons (Fsp3) is 0.438. The van der Waals surface area contributed by atoms with Crippen molar-refractivity contribution in [3.63, 3.8) is 0 Å². The number of carbonyl (C=O) groups excluding carboxylic acids is 1. The molecule has 2 rings (SSSR count). The molecule has 108 valence electrons. The van der Waals surface area contributed by atoms with Gasteiger partial charge in [0, 0.05) is 23.0 Å². The van der Waals surface area contributed by atoms with Crippen LogP contribution in [0.2, 0.25) is 0 Å². The Morgan fingerprint density at radius 1 is 1.45 bits per heavy atom. The van der Waals surface area contributed by atoms with E-state index in [1.165, 1.54) is 11.0 Å². The van der Waals surface area contributed by atoms with Crippen LogP contribution in [0.25, 0.3) is 0 Å². The third-order valence-electron chi connectivity index (χ3n) is 3.10. The highest BCUT2D eigenvalue weighted by Gasteiger charge is 2.18. The molecule has 1 aliphatic heterocycles. The number of rotatable bonds is 5. The van der Waals surface area contributed by atoms with Crippen molar-refractivity contribution in [3.05, 3.63) is 42.2 Å². The predicted octanol–water partition coefficient (Wildman–Crippen LogP) is 3.65. The van der Waals surface area contributed by atoms with Crippen LogP contribution in [-0.4, -0.2) is 24.9 Å². The van der Waals surface area contributed by atoms with Crippen molar-refractivity contribution >= 4 is 17.7 Å². The third kappa shape index (κ3) is 4.93. The smallest absolute Gasteiger partial charge is 0.334 e. The molecule has 0 bridgehead atoms. The first-order chi connectivity index (χ1) is 9.78. The molecule has 1 aliphatic rings. The Balaban J connectivity index is 1.73. The summed E-state index contributed by atoms with van der Waals surface area (Å²) in [6.07, 6.45) is 3.36. The van der Waals surface area contributed by atoms with Crippen LogP contribution in [0.15, 0.2) is 47.1 Å². The molecule has 1 atom stereocenters. The highest BCUT2D eigenvalue weighted by molar-refractivity contribution is 7.99. The van der Waals surface area contributed by atoms with Crippen molar-refractivity contribution < 1.29 is 14.3 Å². The predicted molar refractivity (Wildman–Crippen MR) is 80.6 cm³/mol. The number of benzene rings is 1. The number of hydrogen-bond acceptors (Lipinski definition) is 4. The topological polar surface area (TPSA) is 35.5 Å². The number of carbonyl (C=O) groups is 1. The van der Waals surface area contributed by atoms with Crippen molar-refractivity contribution in [2.45, 2.75) is 24.7 Å². The van der Waals surface area contributed by atoms with Gasteiger partial charge in [0.15, 0.2) is 0 Å². The lowest BCUT2D eigenvalue weighted by Crippen LogP contribution is -2.19. The molecule has 0 amide bonds. The van der Waals surface area contributed by atoms with E-state index in [0.717, 1.165) is 24.4 Å². The molecule has 0 N–H and O–H groups in total. The fourth-order valence-electron chi connectivity index (χ4n) is 2.02. The maximum absolute atomic E-state index is 11.3. The molecule has 1 aromatic carbocycles. The molecule has 3 nitrogen and oxygen atoms in total. The maximum atomic E-state index is 11.3. The number of thioether (sulfide) groups is 1. The number of allylic oxidation sites excluding steroid dienone is 1. The van der Waals surface area contributed by atoms with Gasteiger partial charge in [-0.15, -0.1) is 11.8 Å². The Hall–Kier alpha value is -1.42. The minimum atomic E-state index is -0.306. The van der Waals surface area contributed by atoms with Crippen molar-refractivity contribution in [3.8, 4) is 0 Å². The van der Waals surface area contributed by atoms with Gasteiger partial charge in [0.25, 0.3) is 0 Å². The highest BCUT2D eigenvalue weighted by atomic mass is 32.2. The van der Waals surface area contributed by atoms with Crippen LogP contribution in [0, 0.1) is 5.92 Å². The molecular formula is C16H20O3S. The molecule has 4 heteroatoms. The van der Waals surface area contributed by atoms with Crippen LogP contribution in [0.5, 0.6) is 0 Å². The van der Waals surface area contributed by atoms with Crippen LogP contribution in [0.3, 0.4) is 0 Å². The summed E-state index contributed by atoms with van der Waals surface area (Å²) >= 11 is 1.86. The fourth-order valence-corrected chi connectivity index (χ4v) is 3.06. The molecule has 0 radical (unpaired) electrons. The molecule has 1 aromatic rings. The van der Waals surface area contributed by atoms with Gasteiger partial charge < -0.3 is 9.47 Å². The Morgan fingerprint density at radius 3 is 2.90 bits per heavy atom. The van der Waals surface area contributed by atoms with Crippen LogP contribution >= 0.6 is 11.8 Å². The summed E-state index contributed by atoms with van der Waals surface area (Å²) in [4.78, 5) is 12.6. The zero-order valence-corrected chi connectivity index (χ0v) is 12.5. The summed E-state index contributed by atoms with van der Waals surface area (Å²) in [7, 11) is 0. The molecule has 1 unspecified atom stereocenters. The van der Waals surface area contributed by atoms with Crippen molar-refractivity contribution in [1.82, 2.24) is 0 Å². The van der Waals surface area contributed by atoms with E-state index in [9.17, 15) is 4.79 Å². The summed E-state index contributed by atoms with van der Waals surface area (Å²) in [6.45, 7) is 2.89. The second kappa shape index (κ2) is 8.00. The van der Waals surface area contributed by atoms with E-state index in [1.54, 1.807) is 6.92 Å². The van der Waals surface area contributed by atoms with Crippen molar-refractivity contribution in [2.24, 2.45) is 5.92 Å². The quantitative estimate of drug-likeness (QED) is 0.471. The van der Waals surface area contributed by atoms with Crippen LogP contribution in [-0.2, 0) is 14.3 Å². The molecule has 1 saturated heterocycles. The van der Waals surface area contributed by atoms with Gasteiger partial charge in [0.1, 0.15) is 5.76 Å². The maximum Gasteiger partial charge on any atom is 0.334 e. The average Bonchev–Trinajstić information content (AvgIpc) is 2.48. The van der Waals surface area contributed by atoms with Gasteiger partial charge in [0.05, 0.1) is 19.3 Å². The van der Waals surface area contributed by atoms with E-state index in [1.807, 2.05) is 17.8 Å². The second-order valence-corrected chi connectivity index (χ2v) is 5.80. The minimum Gasteiger partial charge on any atom is -0.497 e. The van der Waals surface area contributed by atoms with Gasteiger partial charge in [0.2, 0.25) is 0 Å². The first-order valence-corrected chi connectivity index (χ1v) is 7.94. The number of esters is 1. The van der Waals surface area contributed by atoms with Crippen LogP contribution in [0.1, 0.15) is 19.8 Å². The second-order valence-electron chi connectivity index (χ2n) is 4.70. The standard InChI is InChI=1S/C16H20O3S/c1-2-18-16(17)10-14-9-8-13(11-19-14)12-20-15-6-4-3-5-7-15/h3-7,10,13H,2,8-9,11-12H2,1H3. The van der Waals surface area contributed by atoms with Crippen LogP contribution in [0.4, 0.5) is 0 Å². The summed E-state index contributed by atoms with van der Waals surface area (Å²) in [5.41, 5.74) is 0. The first kappa shape index (κ1) is 15.0. The van der Waals surface area contributed by atoms with E-state index in [0.29, 0.717) is 19.1 Å². The minimum absolute atomic E-state index is 0.306. The van der Waals surface area contributed by atoms with Crippen molar-refractivity contribution in [2.75, 3.05) is 19.0 Å². The van der Waals surface area contributed by atoms with Gasteiger partial charge in [-0.05, 0) is 25.5 Å². The summed E-state index contributed by atoms with van der Waals surface area (Å²) < 4.78 is 10.5. The Labute approximate surface area is 124 Å². The van der Waals surface area contributed by atoms with E-state index < -0.39 is 0 Å².